The summed E-state index contributed by atoms with van der Waals surface area (Å²) in [5, 5.41) is 0. The third kappa shape index (κ3) is 6.14. The molecule has 0 aromatic carbocycles. The van der Waals surface area contributed by atoms with Crippen LogP contribution in [0.15, 0.2) is 37.1 Å². The lowest BCUT2D eigenvalue weighted by molar-refractivity contribution is -0.186. The van der Waals surface area contributed by atoms with Gasteiger partial charge in [-0.3, -0.25) is 29.3 Å². The molecule has 1 saturated heterocycles. The van der Waals surface area contributed by atoms with Crippen LogP contribution in [0.5, 0.6) is 5.75 Å². The van der Waals surface area contributed by atoms with Crippen molar-refractivity contribution in [3.8, 4) is 17.0 Å². The second kappa shape index (κ2) is 10.2. The number of esters is 3. The quantitative estimate of drug-likeness (QED) is 0.475. The third-order valence-corrected chi connectivity index (χ3v) is 5.34. The maximum absolute atomic E-state index is 11.7. The number of hydrogen-bond acceptors (Lipinski definition) is 11. The van der Waals surface area contributed by atoms with E-state index in [-0.39, 0.29) is 5.75 Å². The van der Waals surface area contributed by atoms with Gasteiger partial charge in [0, 0.05) is 50.7 Å². The number of pyridine rings is 1. The molecule has 3 rings (SSSR count). The van der Waals surface area contributed by atoms with E-state index in [0.29, 0.717) is 17.0 Å². The molecule has 0 saturated carbocycles. The molecule has 3 heterocycles. The van der Waals surface area contributed by atoms with Crippen LogP contribution in [0.1, 0.15) is 20.8 Å². The van der Waals surface area contributed by atoms with Gasteiger partial charge in [-0.25, -0.2) is 0 Å². The second-order valence-electron chi connectivity index (χ2n) is 6.62. The molecule has 2 aromatic rings. The Labute approximate surface area is 182 Å². The number of carbonyl (C=O) groups is 3. The van der Waals surface area contributed by atoms with Gasteiger partial charge < -0.3 is 18.9 Å². The van der Waals surface area contributed by atoms with Crippen LogP contribution in [0.4, 0.5) is 0 Å². The summed E-state index contributed by atoms with van der Waals surface area (Å²) in [7, 11) is 0. The summed E-state index contributed by atoms with van der Waals surface area (Å²) in [6.45, 7) is 3.71. The van der Waals surface area contributed by atoms with Gasteiger partial charge in [0.1, 0.15) is 5.75 Å². The molecule has 1 aliphatic rings. The maximum atomic E-state index is 11.7. The van der Waals surface area contributed by atoms with E-state index in [9.17, 15) is 14.4 Å². The topological polar surface area (TPSA) is 127 Å². The number of aromatic nitrogens is 3. The summed E-state index contributed by atoms with van der Waals surface area (Å²) in [5.74, 6) is -1.06. The molecule has 164 valence electrons. The van der Waals surface area contributed by atoms with Gasteiger partial charge in [-0.05, 0) is 6.07 Å². The zero-order chi connectivity index (χ0) is 22.4. The van der Waals surface area contributed by atoms with Gasteiger partial charge in [-0.2, -0.15) is 0 Å². The summed E-state index contributed by atoms with van der Waals surface area (Å²) >= 11 is 1.27. The molecule has 0 spiro atoms. The SMILES string of the molecule is CC(=O)O[C@@H]1[C@@H](OC(C)=O)[C@@H](Oc2cncc(-c3cnccn3)c2)SC[C@H]1OC(C)=O. The Balaban J connectivity index is 1.86. The van der Waals surface area contributed by atoms with Crippen LogP contribution in [-0.2, 0) is 28.6 Å². The first-order chi connectivity index (χ1) is 14.8. The minimum Gasteiger partial charge on any atom is -0.474 e. The predicted octanol–water partition coefficient (Wildman–Crippen LogP) is 1.79. The standard InChI is InChI=1S/C20H21N3O7S/c1-11(24)27-17-10-31-20(19(29-13(3)26)18(17)28-12(2)25)30-15-6-14(7-22-8-15)16-9-21-4-5-23-16/h4-9,17-20H,10H2,1-3H3/t17-,18+,19-,20+/m1/s1. The van der Waals surface area contributed by atoms with Crippen LogP contribution < -0.4 is 4.74 Å². The highest BCUT2D eigenvalue weighted by Gasteiger charge is 2.47. The van der Waals surface area contributed by atoms with Gasteiger partial charge in [-0.15, -0.1) is 11.8 Å². The number of hydrogen-bond donors (Lipinski definition) is 0. The molecule has 10 nitrogen and oxygen atoms in total. The van der Waals surface area contributed by atoms with E-state index in [1.165, 1.54) is 38.7 Å². The van der Waals surface area contributed by atoms with E-state index in [0.717, 1.165) is 0 Å². The van der Waals surface area contributed by atoms with Crippen molar-refractivity contribution < 1.29 is 33.3 Å². The van der Waals surface area contributed by atoms with Crippen molar-refractivity contribution in [1.29, 1.82) is 0 Å². The Hall–Kier alpha value is -3.21. The molecular formula is C20H21N3O7S. The van der Waals surface area contributed by atoms with Crippen molar-refractivity contribution in [2.75, 3.05) is 5.75 Å². The van der Waals surface area contributed by atoms with Crippen LogP contribution in [0.3, 0.4) is 0 Å². The van der Waals surface area contributed by atoms with Gasteiger partial charge in [0.25, 0.3) is 0 Å². The molecule has 0 amide bonds. The van der Waals surface area contributed by atoms with E-state index in [2.05, 4.69) is 15.0 Å². The molecule has 0 radical (unpaired) electrons. The fraction of sp³-hybridized carbons (Fsp3) is 0.400. The van der Waals surface area contributed by atoms with Gasteiger partial charge in [-0.1, -0.05) is 0 Å². The largest absolute Gasteiger partial charge is 0.474 e. The predicted molar refractivity (Wildman–Crippen MR) is 109 cm³/mol. The van der Waals surface area contributed by atoms with Crippen LogP contribution in [0, 0.1) is 0 Å². The minimum atomic E-state index is -1.02. The Bertz CT molecular complexity index is 943. The smallest absolute Gasteiger partial charge is 0.303 e. The number of rotatable bonds is 6. The van der Waals surface area contributed by atoms with Crippen molar-refractivity contribution in [3.63, 3.8) is 0 Å². The zero-order valence-corrected chi connectivity index (χ0v) is 17.9. The second-order valence-corrected chi connectivity index (χ2v) is 7.75. The lowest BCUT2D eigenvalue weighted by Gasteiger charge is -2.39. The molecule has 31 heavy (non-hydrogen) atoms. The molecule has 11 heteroatoms. The van der Waals surface area contributed by atoms with Crippen molar-refractivity contribution in [3.05, 3.63) is 37.1 Å². The summed E-state index contributed by atoms with van der Waals surface area (Å²) in [6, 6.07) is 1.72. The molecule has 4 atom stereocenters. The monoisotopic (exact) mass is 447 g/mol. The van der Waals surface area contributed by atoms with Crippen molar-refractivity contribution in [2.45, 2.75) is 44.5 Å². The molecule has 0 bridgehead atoms. The number of nitrogens with zero attached hydrogens (tertiary/aromatic N) is 3. The van der Waals surface area contributed by atoms with Crippen LogP contribution in [-0.4, -0.2) is 62.4 Å². The number of thioether (sulfide) groups is 1. The molecule has 0 unspecified atom stereocenters. The van der Waals surface area contributed by atoms with E-state index in [1.54, 1.807) is 30.9 Å². The van der Waals surface area contributed by atoms with Gasteiger partial charge in [0.15, 0.2) is 23.7 Å². The molecule has 0 N–H and O–H groups in total. The summed E-state index contributed by atoms with van der Waals surface area (Å²) in [6.07, 6.45) is 5.02. The number of carbonyl (C=O) groups excluding carboxylic acids is 3. The van der Waals surface area contributed by atoms with Crippen molar-refractivity contribution in [1.82, 2.24) is 15.0 Å². The molecular weight excluding hydrogens is 426 g/mol. The Kier molecular flexibility index (Phi) is 7.40. The average Bonchev–Trinajstić information content (AvgIpc) is 2.72. The summed E-state index contributed by atoms with van der Waals surface area (Å²) in [5.41, 5.74) is 0.560. The normalized spacial score (nSPS) is 22.8. The zero-order valence-electron chi connectivity index (χ0n) is 17.1. The average molecular weight is 447 g/mol. The van der Waals surface area contributed by atoms with Crippen LogP contribution in [0.25, 0.3) is 11.3 Å². The molecule has 1 aliphatic heterocycles. The lowest BCUT2D eigenvalue weighted by atomic mass is 10.1. The van der Waals surface area contributed by atoms with Crippen LogP contribution >= 0.6 is 11.8 Å². The fourth-order valence-electron chi connectivity index (χ4n) is 3.02. The first-order valence-electron chi connectivity index (χ1n) is 9.35. The number of ether oxygens (including phenoxy) is 4. The van der Waals surface area contributed by atoms with Gasteiger partial charge >= 0.3 is 17.9 Å². The first kappa shape index (κ1) is 22.5. The summed E-state index contributed by atoms with van der Waals surface area (Å²) in [4.78, 5) is 47.3. The van der Waals surface area contributed by atoms with E-state index in [4.69, 9.17) is 18.9 Å². The van der Waals surface area contributed by atoms with Crippen LogP contribution in [0.2, 0.25) is 0 Å². The van der Waals surface area contributed by atoms with E-state index in [1.807, 2.05) is 0 Å². The van der Waals surface area contributed by atoms with E-state index >= 15 is 0 Å². The highest BCUT2D eigenvalue weighted by atomic mass is 32.2. The Morgan fingerprint density at radius 2 is 1.61 bits per heavy atom. The molecule has 0 aliphatic carbocycles. The van der Waals surface area contributed by atoms with Crippen molar-refractivity contribution >= 4 is 29.7 Å². The fourth-order valence-corrected chi connectivity index (χ4v) is 4.23. The van der Waals surface area contributed by atoms with Gasteiger partial charge in [0.05, 0.1) is 18.1 Å². The van der Waals surface area contributed by atoms with Gasteiger partial charge in [0.2, 0.25) is 0 Å². The highest BCUT2D eigenvalue weighted by Crippen LogP contribution is 2.34. The Morgan fingerprint density at radius 3 is 2.26 bits per heavy atom. The lowest BCUT2D eigenvalue weighted by Crippen LogP contribution is -2.55. The minimum absolute atomic E-state index is 0.275. The van der Waals surface area contributed by atoms with E-state index < -0.39 is 41.7 Å². The third-order valence-electron chi connectivity index (χ3n) is 4.13. The molecule has 2 aromatic heterocycles. The summed E-state index contributed by atoms with van der Waals surface area (Å²) < 4.78 is 22.1. The maximum Gasteiger partial charge on any atom is 0.303 e. The Morgan fingerprint density at radius 1 is 0.903 bits per heavy atom. The van der Waals surface area contributed by atoms with Crippen molar-refractivity contribution in [2.24, 2.45) is 0 Å². The molecule has 1 fully saturated rings. The first-order valence-corrected chi connectivity index (χ1v) is 10.4. The highest BCUT2D eigenvalue weighted by molar-refractivity contribution is 7.99.